The van der Waals surface area contributed by atoms with Crippen LogP contribution in [0.5, 0.6) is 0 Å². The Morgan fingerprint density at radius 3 is 2.70 bits per heavy atom. The molecule has 4 heteroatoms. The number of nitrogens with one attached hydrogen (secondary N) is 1. The van der Waals surface area contributed by atoms with Gasteiger partial charge in [-0.1, -0.05) is 12.1 Å². The van der Waals surface area contributed by atoms with Gasteiger partial charge in [0.25, 0.3) is 5.91 Å². The first-order valence-corrected chi connectivity index (χ1v) is 7.00. The Balaban J connectivity index is 1.99. The molecule has 1 fully saturated rings. The van der Waals surface area contributed by atoms with E-state index in [9.17, 15) is 4.79 Å². The van der Waals surface area contributed by atoms with Crippen molar-refractivity contribution in [1.29, 1.82) is 0 Å². The van der Waals surface area contributed by atoms with E-state index in [-0.39, 0.29) is 5.91 Å². The summed E-state index contributed by atoms with van der Waals surface area (Å²) >= 11 is 0. The molecule has 1 saturated carbocycles. The fourth-order valence-corrected chi connectivity index (χ4v) is 2.47. The van der Waals surface area contributed by atoms with Crippen molar-refractivity contribution >= 4 is 5.91 Å². The maximum Gasteiger partial charge on any atom is 0.255 e. The van der Waals surface area contributed by atoms with Gasteiger partial charge in [0, 0.05) is 6.04 Å². The average Bonchev–Trinajstić information content (AvgIpc) is 3.14. The Bertz CT molecular complexity index is 668. The number of nitrogens with zero attached hydrogens (tertiary/aromatic N) is 2. The zero-order valence-electron chi connectivity index (χ0n) is 12.1. The standard InChI is InChI=1S/C16H19N3O/c1-10-5-4-6-14(9-10)19-12(3)15(11(2)18-19)16(20)17-13-7-8-13/h4-6,9,13H,7-8H2,1-3H3,(H,17,20). The van der Waals surface area contributed by atoms with E-state index in [4.69, 9.17) is 0 Å². The summed E-state index contributed by atoms with van der Waals surface area (Å²) < 4.78 is 1.85. The summed E-state index contributed by atoms with van der Waals surface area (Å²) in [6.07, 6.45) is 2.19. The Morgan fingerprint density at radius 2 is 2.05 bits per heavy atom. The van der Waals surface area contributed by atoms with Gasteiger partial charge in [0.1, 0.15) is 0 Å². The number of carbonyl (C=O) groups is 1. The number of amides is 1. The topological polar surface area (TPSA) is 46.9 Å². The van der Waals surface area contributed by atoms with Gasteiger partial charge in [0.05, 0.1) is 22.6 Å². The fraction of sp³-hybridized carbons (Fsp3) is 0.375. The molecule has 2 aromatic rings. The lowest BCUT2D eigenvalue weighted by molar-refractivity contribution is 0.0950. The first-order chi connectivity index (χ1) is 9.56. The van der Waals surface area contributed by atoms with Gasteiger partial charge in [-0.25, -0.2) is 4.68 Å². The number of aryl methyl sites for hydroxylation is 2. The molecule has 1 N–H and O–H groups in total. The molecule has 20 heavy (non-hydrogen) atoms. The molecule has 0 aliphatic heterocycles. The number of hydrogen-bond donors (Lipinski definition) is 1. The van der Waals surface area contributed by atoms with Crippen molar-refractivity contribution in [3.8, 4) is 5.69 Å². The largest absolute Gasteiger partial charge is 0.349 e. The van der Waals surface area contributed by atoms with E-state index in [1.165, 1.54) is 5.56 Å². The SMILES string of the molecule is Cc1cccc(-n2nc(C)c(C(=O)NC3CC3)c2C)c1. The number of hydrogen-bond acceptors (Lipinski definition) is 2. The second-order valence-electron chi connectivity index (χ2n) is 5.54. The fourth-order valence-electron chi connectivity index (χ4n) is 2.47. The summed E-state index contributed by atoms with van der Waals surface area (Å²) in [6.45, 7) is 5.89. The monoisotopic (exact) mass is 269 g/mol. The molecule has 0 unspecified atom stereocenters. The van der Waals surface area contributed by atoms with Crippen LogP contribution >= 0.6 is 0 Å². The molecule has 104 valence electrons. The summed E-state index contributed by atoms with van der Waals surface area (Å²) in [7, 11) is 0. The summed E-state index contributed by atoms with van der Waals surface area (Å²) in [4.78, 5) is 12.3. The van der Waals surface area contributed by atoms with Crippen LogP contribution in [0.15, 0.2) is 24.3 Å². The minimum atomic E-state index is 0.00130. The molecule has 0 atom stereocenters. The average molecular weight is 269 g/mol. The molecule has 1 aromatic carbocycles. The zero-order valence-corrected chi connectivity index (χ0v) is 12.1. The van der Waals surface area contributed by atoms with Crippen molar-refractivity contribution in [2.75, 3.05) is 0 Å². The number of benzene rings is 1. The van der Waals surface area contributed by atoms with E-state index < -0.39 is 0 Å². The number of carbonyl (C=O) groups excluding carboxylic acids is 1. The van der Waals surface area contributed by atoms with Crippen LogP contribution in [-0.4, -0.2) is 21.7 Å². The lowest BCUT2D eigenvalue weighted by Crippen LogP contribution is -2.26. The van der Waals surface area contributed by atoms with Crippen LogP contribution in [-0.2, 0) is 0 Å². The summed E-state index contributed by atoms with van der Waals surface area (Å²) in [5, 5.41) is 7.56. The van der Waals surface area contributed by atoms with Gasteiger partial charge in [-0.2, -0.15) is 5.10 Å². The highest BCUT2D eigenvalue weighted by atomic mass is 16.1. The van der Waals surface area contributed by atoms with Gasteiger partial charge in [-0.15, -0.1) is 0 Å². The summed E-state index contributed by atoms with van der Waals surface area (Å²) in [6, 6.07) is 8.50. The Kier molecular flexibility index (Phi) is 3.08. The molecule has 1 aliphatic rings. The molecule has 1 heterocycles. The van der Waals surface area contributed by atoms with Crippen molar-refractivity contribution in [1.82, 2.24) is 15.1 Å². The van der Waals surface area contributed by atoms with Crippen LogP contribution in [0.4, 0.5) is 0 Å². The van der Waals surface area contributed by atoms with Gasteiger partial charge in [0.15, 0.2) is 0 Å². The van der Waals surface area contributed by atoms with E-state index in [1.54, 1.807) is 0 Å². The molecule has 1 amide bonds. The van der Waals surface area contributed by atoms with E-state index in [1.807, 2.05) is 30.7 Å². The molecular weight excluding hydrogens is 250 g/mol. The lowest BCUT2D eigenvalue weighted by Gasteiger charge is -2.06. The highest BCUT2D eigenvalue weighted by Gasteiger charge is 2.27. The molecular formula is C16H19N3O. The van der Waals surface area contributed by atoms with Crippen LogP contribution in [0.25, 0.3) is 5.69 Å². The first-order valence-electron chi connectivity index (χ1n) is 7.00. The number of aromatic nitrogens is 2. The Morgan fingerprint density at radius 1 is 1.30 bits per heavy atom. The van der Waals surface area contributed by atoms with Gasteiger partial charge in [-0.05, 0) is 51.3 Å². The van der Waals surface area contributed by atoms with Gasteiger partial charge in [-0.3, -0.25) is 4.79 Å². The molecule has 1 aliphatic carbocycles. The van der Waals surface area contributed by atoms with Crippen LogP contribution < -0.4 is 5.32 Å². The highest BCUT2D eigenvalue weighted by molar-refractivity contribution is 5.96. The maximum atomic E-state index is 12.3. The van der Waals surface area contributed by atoms with E-state index >= 15 is 0 Å². The Labute approximate surface area is 118 Å². The summed E-state index contributed by atoms with van der Waals surface area (Å²) in [5.41, 5.74) is 4.56. The van der Waals surface area contributed by atoms with Gasteiger partial charge >= 0.3 is 0 Å². The van der Waals surface area contributed by atoms with E-state index in [0.29, 0.717) is 11.6 Å². The van der Waals surface area contributed by atoms with E-state index in [2.05, 4.69) is 29.5 Å². The third kappa shape index (κ3) is 2.33. The highest BCUT2D eigenvalue weighted by Crippen LogP contribution is 2.22. The summed E-state index contributed by atoms with van der Waals surface area (Å²) in [5.74, 6) is 0.00130. The molecule has 0 spiro atoms. The predicted molar refractivity (Wildman–Crippen MR) is 78.3 cm³/mol. The minimum absolute atomic E-state index is 0.00130. The van der Waals surface area contributed by atoms with E-state index in [0.717, 1.165) is 29.9 Å². The van der Waals surface area contributed by atoms with Gasteiger partial charge in [0.2, 0.25) is 0 Å². The second kappa shape index (κ2) is 4.78. The molecule has 0 saturated heterocycles. The molecule has 1 aromatic heterocycles. The number of rotatable bonds is 3. The van der Waals surface area contributed by atoms with Crippen molar-refractivity contribution in [3.05, 3.63) is 46.8 Å². The zero-order chi connectivity index (χ0) is 14.3. The Hall–Kier alpha value is -2.10. The van der Waals surface area contributed by atoms with Crippen LogP contribution in [0.1, 0.15) is 40.2 Å². The lowest BCUT2D eigenvalue weighted by atomic mass is 10.1. The van der Waals surface area contributed by atoms with Crippen molar-refractivity contribution in [3.63, 3.8) is 0 Å². The third-order valence-electron chi connectivity index (χ3n) is 3.68. The van der Waals surface area contributed by atoms with Crippen LogP contribution in [0.2, 0.25) is 0 Å². The first kappa shape index (κ1) is 12.9. The van der Waals surface area contributed by atoms with Gasteiger partial charge < -0.3 is 5.32 Å². The third-order valence-corrected chi connectivity index (χ3v) is 3.68. The second-order valence-corrected chi connectivity index (χ2v) is 5.54. The van der Waals surface area contributed by atoms with Crippen molar-refractivity contribution < 1.29 is 4.79 Å². The predicted octanol–water partition coefficient (Wildman–Crippen LogP) is 2.69. The minimum Gasteiger partial charge on any atom is -0.349 e. The normalized spacial score (nSPS) is 14.3. The molecule has 0 radical (unpaired) electrons. The molecule has 4 nitrogen and oxygen atoms in total. The molecule has 0 bridgehead atoms. The van der Waals surface area contributed by atoms with Crippen molar-refractivity contribution in [2.24, 2.45) is 0 Å². The van der Waals surface area contributed by atoms with Crippen molar-refractivity contribution in [2.45, 2.75) is 39.7 Å². The molecule has 3 rings (SSSR count). The van der Waals surface area contributed by atoms with Crippen LogP contribution in [0, 0.1) is 20.8 Å². The smallest absolute Gasteiger partial charge is 0.255 e. The maximum absolute atomic E-state index is 12.3. The van der Waals surface area contributed by atoms with Crippen LogP contribution in [0.3, 0.4) is 0 Å². The quantitative estimate of drug-likeness (QED) is 0.931.